The third-order valence-corrected chi connectivity index (χ3v) is 2.12. The summed E-state index contributed by atoms with van der Waals surface area (Å²) in [4.78, 5) is 14.9. The molecule has 0 fully saturated rings. The molecule has 0 saturated heterocycles. The summed E-state index contributed by atoms with van der Waals surface area (Å²) in [5.74, 6) is -0.751. The zero-order valence-corrected chi connectivity index (χ0v) is 7.53. The van der Waals surface area contributed by atoms with Crippen LogP contribution in [0.2, 0.25) is 0 Å². The largest absolute Gasteiger partial charge is 0.370 e. The molecular weight excluding hydrogens is 185 g/mol. The summed E-state index contributed by atoms with van der Waals surface area (Å²) < 4.78 is 18.1. The fourth-order valence-corrected chi connectivity index (χ4v) is 1.40. The molecule has 1 aliphatic carbocycles. The van der Waals surface area contributed by atoms with Crippen molar-refractivity contribution in [1.29, 1.82) is 0 Å². The average Bonchev–Trinajstić information content (AvgIpc) is 2.17. The Hall–Kier alpha value is -1.55. The molecule has 1 atom stereocenters. The highest BCUT2D eigenvalue weighted by atomic mass is 19.1. The van der Waals surface area contributed by atoms with Crippen LogP contribution in [0.25, 0.3) is 0 Å². The van der Waals surface area contributed by atoms with Gasteiger partial charge in [-0.25, -0.2) is 9.38 Å². The maximum atomic E-state index is 13.2. The molecule has 0 aromatic rings. The van der Waals surface area contributed by atoms with E-state index in [1.54, 1.807) is 6.08 Å². The van der Waals surface area contributed by atoms with Gasteiger partial charge in [0.15, 0.2) is 0 Å². The molecule has 2 rings (SSSR count). The molecule has 3 nitrogen and oxygen atoms in total. The molecule has 0 aromatic carbocycles. The van der Waals surface area contributed by atoms with Gasteiger partial charge in [0.1, 0.15) is 11.9 Å². The highest BCUT2D eigenvalue weighted by Crippen LogP contribution is 2.27. The molecule has 0 bridgehead atoms. The first-order valence-corrected chi connectivity index (χ1v) is 4.13. The fourth-order valence-electron chi connectivity index (χ4n) is 1.40. The molecule has 14 heavy (non-hydrogen) atoms. The van der Waals surface area contributed by atoms with E-state index in [2.05, 4.69) is 4.99 Å². The second-order valence-corrected chi connectivity index (χ2v) is 2.97. The number of amides is 1. The van der Waals surface area contributed by atoms with Gasteiger partial charge in [-0.3, -0.25) is 4.79 Å². The van der Waals surface area contributed by atoms with Crippen molar-refractivity contribution in [3.63, 3.8) is 0 Å². The maximum Gasteiger partial charge on any atom is 0.277 e. The van der Waals surface area contributed by atoms with Gasteiger partial charge in [0.05, 0.1) is 0 Å². The van der Waals surface area contributed by atoms with Crippen molar-refractivity contribution in [2.45, 2.75) is 6.10 Å². The molecule has 2 aliphatic rings. The molecule has 1 aliphatic heterocycles. The predicted molar refractivity (Wildman–Crippen MR) is 49.7 cm³/mol. The molecular formula is C10H8FNO2. The smallest absolute Gasteiger partial charge is 0.277 e. The molecule has 1 unspecified atom stereocenters. The van der Waals surface area contributed by atoms with Crippen LogP contribution in [0.15, 0.2) is 40.2 Å². The van der Waals surface area contributed by atoms with E-state index in [4.69, 9.17) is 4.74 Å². The van der Waals surface area contributed by atoms with Gasteiger partial charge in [-0.1, -0.05) is 0 Å². The molecule has 0 aromatic heterocycles. The van der Waals surface area contributed by atoms with E-state index in [0.717, 1.165) is 0 Å². The Morgan fingerprint density at radius 3 is 3.07 bits per heavy atom. The van der Waals surface area contributed by atoms with Gasteiger partial charge in [0, 0.05) is 18.9 Å². The third-order valence-electron chi connectivity index (χ3n) is 2.12. The molecule has 0 N–H and O–H groups in total. The van der Waals surface area contributed by atoms with Crippen LogP contribution in [0.4, 0.5) is 4.39 Å². The number of fused-ring (bicyclic) bond motifs is 1. The summed E-state index contributed by atoms with van der Waals surface area (Å²) in [6, 6.07) is 0. The Morgan fingerprint density at radius 1 is 1.57 bits per heavy atom. The Kier molecular flexibility index (Phi) is 2.13. The van der Waals surface area contributed by atoms with Crippen molar-refractivity contribution in [1.82, 2.24) is 0 Å². The van der Waals surface area contributed by atoms with Crippen LogP contribution in [0.1, 0.15) is 0 Å². The Balaban J connectivity index is 2.44. The number of halogens is 1. The maximum absolute atomic E-state index is 13.2. The molecule has 72 valence electrons. The van der Waals surface area contributed by atoms with Crippen LogP contribution in [0.5, 0.6) is 0 Å². The van der Waals surface area contributed by atoms with Crippen molar-refractivity contribution >= 4 is 12.1 Å². The Morgan fingerprint density at radius 2 is 2.36 bits per heavy atom. The van der Waals surface area contributed by atoms with E-state index >= 15 is 0 Å². The first-order chi connectivity index (χ1) is 6.72. The minimum Gasteiger partial charge on any atom is -0.370 e. The highest BCUT2D eigenvalue weighted by Gasteiger charge is 2.24. The van der Waals surface area contributed by atoms with Gasteiger partial charge in [0.25, 0.3) is 5.91 Å². The van der Waals surface area contributed by atoms with Gasteiger partial charge in [-0.15, -0.1) is 0 Å². The highest BCUT2D eigenvalue weighted by molar-refractivity contribution is 6.08. The summed E-state index contributed by atoms with van der Waals surface area (Å²) in [5.41, 5.74) is 0.955. The molecule has 0 spiro atoms. The van der Waals surface area contributed by atoms with Gasteiger partial charge < -0.3 is 4.74 Å². The number of hydrogen-bond donors (Lipinski definition) is 0. The van der Waals surface area contributed by atoms with Gasteiger partial charge in [0.2, 0.25) is 0 Å². The lowest BCUT2D eigenvalue weighted by molar-refractivity contribution is -0.114. The number of carbonyl (C=O) groups excluding carboxylic acids is 1. The van der Waals surface area contributed by atoms with E-state index in [1.165, 1.54) is 25.5 Å². The SMILES string of the molecule is COC1C=C2C(=O)N=CC=C2C=C1F. The topological polar surface area (TPSA) is 38.7 Å². The summed E-state index contributed by atoms with van der Waals surface area (Å²) in [6.07, 6.45) is 4.94. The van der Waals surface area contributed by atoms with E-state index in [9.17, 15) is 9.18 Å². The normalized spacial score (nSPS) is 25.1. The molecule has 1 heterocycles. The quantitative estimate of drug-likeness (QED) is 0.630. The molecule has 1 amide bonds. The predicted octanol–water partition coefficient (Wildman–Crippen LogP) is 1.33. The van der Waals surface area contributed by atoms with E-state index in [-0.39, 0.29) is 5.91 Å². The number of allylic oxidation sites excluding steroid dienone is 2. The number of dihydropyridines is 1. The Bertz CT molecular complexity index is 404. The second-order valence-electron chi connectivity index (χ2n) is 2.97. The van der Waals surface area contributed by atoms with Crippen LogP contribution >= 0.6 is 0 Å². The van der Waals surface area contributed by atoms with Gasteiger partial charge in [-0.05, 0) is 23.8 Å². The van der Waals surface area contributed by atoms with Crippen molar-refractivity contribution in [3.8, 4) is 0 Å². The van der Waals surface area contributed by atoms with Crippen LogP contribution in [-0.2, 0) is 9.53 Å². The number of carbonyl (C=O) groups is 1. The van der Waals surface area contributed by atoms with E-state index in [1.807, 2.05) is 0 Å². The zero-order valence-electron chi connectivity index (χ0n) is 7.53. The lowest BCUT2D eigenvalue weighted by Gasteiger charge is -2.18. The molecule has 0 saturated carbocycles. The number of ether oxygens (including phenoxy) is 1. The molecule has 4 heteroatoms. The van der Waals surface area contributed by atoms with Crippen molar-refractivity contribution in [3.05, 3.63) is 35.2 Å². The summed E-state index contributed by atoms with van der Waals surface area (Å²) in [6.45, 7) is 0. The summed E-state index contributed by atoms with van der Waals surface area (Å²) in [5, 5.41) is 0. The van der Waals surface area contributed by atoms with Crippen LogP contribution in [-0.4, -0.2) is 25.3 Å². The fraction of sp³-hybridized carbons (Fsp3) is 0.200. The van der Waals surface area contributed by atoms with E-state index in [0.29, 0.717) is 11.1 Å². The lowest BCUT2D eigenvalue weighted by atomic mass is 9.95. The Labute approximate surface area is 80.3 Å². The minimum absolute atomic E-state index is 0.353. The standard InChI is InChI=1S/C10H8FNO2/c1-14-9-5-7-6(4-8(9)11)2-3-12-10(7)13/h2-5,9H,1H3. The van der Waals surface area contributed by atoms with Crippen molar-refractivity contribution < 1.29 is 13.9 Å². The first kappa shape index (κ1) is 9.02. The summed E-state index contributed by atoms with van der Waals surface area (Å²) >= 11 is 0. The zero-order chi connectivity index (χ0) is 10.1. The summed E-state index contributed by atoms with van der Waals surface area (Å²) in [7, 11) is 1.39. The van der Waals surface area contributed by atoms with Gasteiger partial charge in [-0.2, -0.15) is 0 Å². The second kappa shape index (κ2) is 3.31. The van der Waals surface area contributed by atoms with Crippen LogP contribution in [0.3, 0.4) is 0 Å². The van der Waals surface area contributed by atoms with E-state index < -0.39 is 11.9 Å². The van der Waals surface area contributed by atoms with Crippen LogP contribution < -0.4 is 0 Å². The van der Waals surface area contributed by atoms with Crippen molar-refractivity contribution in [2.24, 2.45) is 4.99 Å². The third kappa shape index (κ3) is 1.33. The monoisotopic (exact) mass is 193 g/mol. The number of hydrogen-bond acceptors (Lipinski definition) is 2. The van der Waals surface area contributed by atoms with Crippen LogP contribution in [0, 0.1) is 0 Å². The number of methoxy groups -OCH3 is 1. The number of rotatable bonds is 1. The number of nitrogens with zero attached hydrogens (tertiary/aromatic N) is 1. The number of aliphatic imine (C=N–C) groups is 1. The minimum atomic E-state index is -0.764. The average molecular weight is 193 g/mol. The van der Waals surface area contributed by atoms with Gasteiger partial charge >= 0.3 is 0 Å². The first-order valence-electron chi connectivity index (χ1n) is 4.13. The van der Waals surface area contributed by atoms with Crippen molar-refractivity contribution in [2.75, 3.05) is 7.11 Å². The molecule has 0 radical (unpaired) electrons. The lowest BCUT2D eigenvalue weighted by Crippen LogP contribution is -2.18.